The second-order valence-electron chi connectivity index (χ2n) is 4.27. The zero-order valence-electron chi connectivity index (χ0n) is 10.2. The molecule has 8 heteroatoms. The quantitative estimate of drug-likeness (QED) is 0.614. The van der Waals surface area contributed by atoms with Gasteiger partial charge < -0.3 is 10.6 Å². The van der Waals surface area contributed by atoms with Gasteiger partial charge >= 0.3 is 6.18 Å². The van der Waals surface area contributed by atoms with Gasteiger partial charge in [0.2, 0.25) is 0 Å². The molecular formula is C10H16F3N5. The molecule has 0 spiro atoms. The largest absolute Gasteiger partial charge is 0.399 e. The summed E-state index contributed by atoms with van der Waals surface area (Å²) in [6.07, 6.45) is -1.17. The van der Waals surface area contributed by atoms with E-state index in [1.165, 1.54) is 4.90 Å². The Hall–Kier alpha value is -1.57. The van der Waals surface area contributed by atoms with Gasteiger partial charge in [0.15, 0.2) is 0 Å². The van der Waals surface area contributed by atoms with Gasteiger partial charge in [-0.3, -0.25) is 10.1 Å². The Bertz CT molecular complexity index is 412. The number of rotatable bonds is 5. The van der Waals surface area contributed by atoms with Gasteiger partial charge in [-0.1, -0.05) is 0 Å². The van der Waals surface area contributed by atoms with Crippen LogP contribution in [-0.2, 0) is 13.6 Å². The molecule has 1 unspecified atom stereocenters. The van der Waals surface area contributed by atoms with E-state index < -0.39 is 17.9 Å². The third-order valence-electron chi connectivity index (χ3n) is 2.48. The van der Waals surface area contributed by atoms with Gasteiger partial charge in [-0.25, -0.2) is 0 Å². The molecule has 3 N–H and O–H groups in total. The molecule has 0 fully saturated rings. The minimum absolute atomic E-state index is 0.327. The number of alkyl halides is 3. The van der Waals surface area contributed by atoms with Crippen LogP contribution in [0.5, 0.6) is 0 Å². The highest BCUT2D eigenvalue weighted by Crippen LogP contribution is 2.26. The van der Waals surface area contributed by atoms with Crippen molar-refractivity contribution in [1.29, 1.82) is 5.41 Å². The summed E-state index contributed by atoms with van der Waals surface area (Å²) in [6, 6.07) is 0. The van der Waals surface area contributed by atoms with E-state index in [9.17, 15) is 13.2 Å². The topological polar surface area (TPSA) is 70.9 Å². The third kappa shape index (κ3) is 4.02. The Labute approximate surface area is 103 Å². The Morgan fingerprint density at radius 2 is 2.22 bits per heavy atom. The molecule has 1 heterocycles. The number of hydrogen-bond acceptors (Lipinski definition) is 3. The lowest BCUT2D eigenvalue weighted by Gasteiger charge is -2.24. The van der Waals surface area contributed by atoms with Crippen LogP contribution in [0.25, 0.3) is 0 Å². The molecule has 0 radical (unpaired) electrons. The molecule has 1 aromatic rings. The maximum atomic E-state index is 12.6. The van der Waals surface area contributed by atoms with Crippen LogP contribution in [0, 0.1) is 11.3 Å². The van der Waals surface area contributed by atoms with Crippen LogP contribution in [0.3, 0.4) is 0 Å². The van der Waals surface area contributed by atoms with E-state index in [2.05, 4.69) is 5.10 Å². The molecule has 5 nitrogen and oxygen atoms in total. The maximum Gasteiger partial charge on any atom is 0.399 e. The molecule has 1 aromatic heterocycles. The second kappa shape index (κ2) is 5.38. The molecule has 18 heavy (non-hydrogen) atoms. The van der Waals surface area contributed by atoms with Crippen LogP contribution < -0.4 is 5.73 Å². The molecule has 0 aromatic carbocycles. The van der Waals surface area contributed by atoms with Crippen molar-refractivity contribution in [1.82, 2.24) is 14.7 Å². The van der Waals surface area contributed by atoms with Crippen LogP contribution in [0.4, 0.5) is 13.2 Å². The van der Waals surface area contributed by atoms with E-state index in [0.29, 0.717) is 6.54 Å². The molecule has 0 amide bonds. The van der Waals surface area contributed by atoms with Gasteiger partial charge in [0.25, 0.3) is 0 Å². The molecular weight excluding hydrogens is 247 g/mol. The average molecular weight is 263 g/mol. The van der Waals surface area contributed by atoms with Gasteiger partial charge in [-0.2, -0.15) is 18.3 Å². The number of nitrogens with zero attached hydrogens (tertiary/aromatic N) is 3. The maximum absolute atomic E-state index is 12.6. The van der Waals surface area contributed by atoms with Crippen LogP contribution in [0.15, 0.2) is 12.4 Å². The molecule has 0 aliphatic carbocycles. The normalized spacial score (nSPS) is 13.9. The lowest BCUT2D eigenvalue weighted by Crippen LogP contribution is -2.42. The van der Waals surface area contributed by atoms with Gasteiger partial charge in [0.05, 0.1) is 6.20 Å². The third-order valence-corrected chi connectivity index (χ3v) is 2.48. The lowest BCUT2D eigenvalue weighted by atomic mass is 10.1. The number of nitrogens with two attached hydrogens (primary N) is 1. The molecule has 1 atom stereocenters. The number of aryl methyl sites for hydroxylation is 1. The predicted octanol–water partition coefficient (Wildman–Crippen LogP) is 0.966. The summed E-state index contributed by atoms with van der Waals surface area (Å²) in [7, 11) is 3.28. The van der Waals surface area contributed by atoms with Crippen molar-refractivity contribution in [3.63, 3.8) is 0 Å². The van der Waals surface area contributed by atoms with Crippen molar-refractivity contribution in [2.45, 2.75) is 12.7 Å². The highest BCUT2D eigenvalue weighted by atomic mass is 19.4. The highest BCUT2D eigenvalue weighted by molar-refractivity contribution is 5.80. The zero-order chi connectivity index (χ0) is 13.9. The summed E-state index contributed by atoms with van der Waals surface area (Å²) in [6.45, 7) is -0.0125. The van der Waals surface area contributed by atoms with Crippen molar-refractivity contribution in [3.8, 4) is 0 Å². The van der Waals surface area contributed by atoms with Gasteiger partial charge in [0, 0.05) is 31.9 Å². The van der Waals surface area contributed by atoms with E-state index in [0.717, 1.165) is 5.56 Å². The van der Waals surface area contributed by atoms with E-state index >= 15 is 0 Å². The fraction of sp³-hybridized carbons (Fsp3) is 0.600. The summed E-state index contributed by atoms with van der Waals surface area (Å²) >= 11 is 0. The first-order valence-electron chi connectivity index (χ1n) is 5.27. The van der Waals surface area contributed by atoms with Crippen molar-refractivity contribution >= 4 is 5.84 Å². The molecule has 102 valence electrons. The van der Waals surface area contributed by atoms with Crippen LogP contribution in [0.1, 0.15) is 5.56 Å². The first-order chi connectivity index (χ1) is 8.20. The number of amidine groups is 1. The van der Waals surface area contributed by atoms with E-state index in [-0.39, 0.29) is 6.54 Å². The minimum Gasteiger partial charge on any atom is -0.387 e. The standard InChI is InChI=1S/C10H16F3N5/c1-17(4-7-3-16-18(2)5-7)6-8(9(14)15)10(11,12)13/h3,5,8H,4,6H2,1-2H3,(H3,14,15). The summed E-state index contributed by atoms with van der Waals surface area (Å²) in [4.78, 5) is 1.47. The minimum atomic E-state index is -4.49. The Morgan fingerprint density at radius 1 is 1.61 bits per heavy atom. The molecule has 0 saturated carbocycles. The van der Waals surface area contributed by atoms with Gasteiger partial charge in [-0.15, -0.1) is 0 Å². The zero-order valence-corrected chi connectivity index (χ0v) is 10.2. The lowest BCUT2D eigenvalue weighted by molar-refractivity contribution is -0.159. The fourth-order valence-corrected chi connectivity index (χ4v) is 1.62. The highest BCUT2D eigenvalue weighted by Gasteiger charge is 2.42. The first-order valence-corrected chi connectivity index (χ1v) is 5.27. The van der Waals surface area contributed by atoms with Crippen molar-refractivity contribution in [2.24, 2.45) is 18.7 Å². The Balaban J connectivity index is 2.62. The molecule has 0 bridgehead atoms. The predicted molar refractivity (Wildman–Crippen MR) is 61.0 cm³/mol. The SMILES string of the molecule is CN(Cc1cnn(C)c1)CC(C(=N)N)C(F)(F)F. The second-order valence-corrected chi connectivity index (χ2v) is 4.27. The first kappa shape index (κ1) is 14.5. The number of halogens is 3. The van der Waals surface area contributed by atoms with Crippen molar-refractivity contribution < 1.29 is 13.2 Å². The van der Waals surface area contributed by atoms with E-state index in [1.807, 2.05) is 0 Å². The average Bonchev–Trinajstić information content (AvgIpc) is 2.58. The molecule has 0 saturated heterocycles. The number of nitrogens with one attached hydrogen (secondary N) is 1. The van der Waals surface area contributed by atoms with Crippen molar-refractivity contribution in [3.05, 3.63) is 18.0 Å². The van der Waals surface area contributed by atoms with Crippen molar-refractivity contribution in [2.75, 3.05) is 13.6 Å². The van der Waals surface area contributed by atoms with E-state index in [4.69, 9.17) is 11.1 Å². The molecule has 0 aliphatic heterocycles. The fourth-order valence-electron chi connectivity index (χ4n) is 1.62. The van der Waals surface area contributed by atoms with Crippen LogP contribution in [0.2, 0.25) is 0 Å². The summed E-state index contributed by atoms with van der Waals surface area (Å²) in [5.41, 5.74) is 5.80. The summed E-state index contributed by atoms with van der Waals surface area (Å²) in [5.74, 6) is -2.79. The smallest absolute Gasteiger partial charge is 0.387 e. The molecule has 0 aliphatic rings. The molecule has 1 rings (SSSR count). The summed E-state index contributed by atoms with van der Waals surface area (Å²) in [5, 5.41) is 10.9. The van der Waals surface area contributed by atoms with Crippen LogP contribution >= 0.6 is 0 Å². The number of aromatic nitrogens is 2. The van der Waals surface area contributed by atoms with Gasteiger partial charge in [0.1, 0.15) is 11.8 Å². The van der Waals surface area contributed by atoms with Gasteiger partial charge in [-0.05, 0) is 7.05 Å². The summed E-state index contributed by atoms with van der Waals surface area (Å²) < 4.78 is 39.4. The Morgan fingerprint density at radius 3 is 2.61 bits per heavy atom. The monoisotopic (exact) mass is 263 g/mol. The number of hydrogen-bond donors (Lipinski definition) is 2. The van der Waals surface area contributed by atoms with Crippen LogP contribution in [-0.4, -0.2) is 40.3 Å². The van der Waals surface area contributed by atoms with E-state index in [1.54, 1.807) is 31.2 Å². The Kier molecular flexibility index (Phi) is 4.33.